The minimum absolute atomic E-state index is 0.0733. The second kappa shape index (κ2) is 7.90. The van der Waals surface area contributed by atoms with Crippen LogP contribution >= 0.6 is 45.2 Å². The fourth-order valence-electron chi connectivity index (χ4n) is 4.05. The summed E-state index contributed by atoms with van der Waals surface area (Å²) in [6.07, 6.45) is 5.06. The third-order valence-electron chi connectivity index (χ3n) is 5.29. The van der Waals surface area contributed by atoms with Gasteiger partial charge < -0.3 is 10.6 Å². The Morgan fingerprint density at radius 1 is 0.704 bits per heavy atom. The summed E-state index contributed by atoms with van der Waals surface area (Å²) in [7, 11) is 0. The van der Waals surface area contributed by atoms with Gasteiger partial charge in [0.15, 0.2) is 0 Å². The number of allylic oxidation sites excluding steroid dienone is 2. The van der Waals surface area contributed by atoms with Crippen molar-refractivity contribution in [3.63, 3.8) is 0 Å². The molecule has 4 unspecified atom stereocenters. The van der Waals surface area contributed by atoms with Crippen molar-refractivity contribution in [2.45, 2.75) is 6.42 Å². The zero-order chi connectivity index (χ0) is 19.0. The van der Waals surface area contributed by atoms with E-state index in [1.807, 2.05) is 48.5 Å². The molecule has 0 aromatic heterocycles. The van der Waals surface area contributed by atoms with E-state index < -0.39 is 0 Å². The molecule has 2 aromatic rings. The number of anilines is 2. The van der Waals surface area contributed by atoms with Gasteiger partial charge in [-0.3, -0.25) is 9.59 Å². The van der Waals surface area contributed by atoms with Gasteiger partial charge in [0.25, 0.3) is 0 Å². The predicted octanol–water partition coefficient (Wildman–Crippen LogP) is 4.91. The number of rotatable bonds is 4. The summed E-state index contributed by atoms with van der Waals surface area (Å²) in [5, 5.41) is 5.99. The number of halogens is 2. The Labute approximate surface area is 185 Å². The molecule has 1 saturated carbocycles. The highest BCUT2D eigenvalue weighted by Gasteiger charge is 2.51. The van der Waals surface area contributed by atoms with Gasteiger partial charge in [-0.05, 0) is 112 Å². The number of benzene rings is 2. The molecular formula is C21H18I2N2O2. The Morgan fingerprint density at radius 3 is 1.44 bits per heavy atom. The van der Waals surface area contributed by atoms with E-state index in [0.29, 0.717) is 0 Å². The topological polar surface area (TPSA) is 58.2 Å². The van der Waals surface area contributed by atoms with Crippen molar-refractivity contribution in [1.29, 1.82) is 0 Å². The molecule has 2 bridgehead atoms. The molecule has 0 spiro atoms. The van der Waals surface area contributed by atoms with Crippen LogP contribution in [0.3, 0.4) is 0 Å². The van der Waals surface area contributed by atoms with Crippen LogP contribution in [0, 0.1) is 30.8 Å². The van der Waals surface area contributed by atoms with E-state index in [1.54, 1.807) is 0 Å². The van der Waals surface area contributed by atoms with Crippen molar-refractivity contribution < 1.29 is 9.59 Å². The first-order chi connectivity index (χ1) is 13.0. The third kappa shape index (κ3) is 4.06. The fraction of sp³-hybridized carbons (Fsp3) is 0.238. The molecule has 2 aromatic carbocycles. The number of hydrogen-bond acceptors (Lipinski definition) is 2. The molecule has 4 atom stereocenters. The molecule has 2 aliphatic carbocycles. The molecule has 4 nitrogen and oxygen atoms in total. The van der Waals surface area contributed by atoms with Crippen molar-refractivity contribution in [1.82, 2.24) is 0 Å². The molecule has 2 amide bonds. The lowest BCUT2D eigenvalue weighted by molar-refractivity contribution is -0.129. The predicted molar refractivity (Wildman–Crippen MR) is 123 cm³/mol. The van der Waals surface area contributed by atoms with E-state index >= 15 is 0 Å². The molecule has 27 heavy (non-hydrogen) atoms. The highest BCUT2D eigenvalue weighted by Crippen LogP contribution is 2.48. The monoisotopic (exact) mass is 584 g/mol. The summed E-state index contributed by atoms with van der Waals surface area (Å²) in [6.45, 7) is 0. The molecule has 6 heteroatoms. The largest absolute Gasteiger partial charge is 0.326 e. The summed E-state index contributed by atoms with van der Waals surface area (Å²) in [6, 6.07) is 15.4. The van der Waals surface area contributed by atoms with E-state index in [1.165, 1.54) is 0 Å². The van der Waals surface area contributed by atoms with Crippen molar-refractivity contribution in [2.24, 2.45) is 23.7 Å². The molecule has 138 valence electrons. The first-order valence-corrected chi connectivity index (χ1v) is 11.0. The third-order valence-corrected chi connectivity index (χ3v) is 6.73. The number of fused-ring (bicyclic) bond motifs is 2. The summed E-state index contributed by atoms with van der Waals surface area (Å²) in [4.78, 5) is 25.9. The van der Waals surface area contributed by atoms with Crippen LogP contribution in [0.2, 0.25) is 0 Å². The number of hydrogen-bond donors (Lipinski definition) is 2. The Morgan fingerprint density at radius 2 is 1.07 bits per heavy atom. The van der Waals surface area contributed by atoms with Gasteiger partial charge in [0.1, 0.15) is 0 Å². The Balaban J connectivity index is 1.51. The molecular weight excluding hydrogens is 566 g/mol. The van der Waals surface area contributed by atoms with Gasteiger partial charge in [-0.25, -0.2) is 0 Å². The Bertz CT molecular complexity index is 820. The van der Waals surface area contributed by atoms with E-state index in [9.17, 15) is 9.59 Å². The van der Waals surface area contributed by atoms with Crippen LogP contribution in [0.15, 0.2) is 60.7 Å². The first-order valence-electron chi connectivity index (χ1n) is 8.82. The minimum atomic E-state index is -0.330. The van der Waals surface area contributed by atoms with Gasteiger partial charge in [-0.15, -0.1) is 0 Å². The Kier molecular flexibility index (Phi) is 5.54. The fourth-order valence-corrected chi connectivity index (χ4v) is 4.77. The van der Waals surface area contributed by atoms with Crippen molar-refractivity contribution in [3.8, 4) is 0 Å². The van der Waals surface area contributed by atoms with Crippen LogP contribution < -0.4 is 10.6 Å². The lowest BCUT2D eigenvalue weighted by Crippen LogP contribution is -2.39. The summed E-state index contributed by atoms with van der Waals surface area (Å²) >= 11 is 4.46. The second-order valence-electron chi connectivity index (χ2n) is 6.99. The maximum Gasteiger partial charge on any atom is 0.228 e. The van der Waals surface area contributed by atoms with Gasteiger partial charge in [0.05, 0.1) is 11.8 Å². The maximum atomic E-state index is 13.0. The van der Waals surface area contributed by atoms with Gasteiger partial charge >= 0.3 is 0 Å². The zero-order valence-electron chi connectivity index (χ0n) is 14.4. The normalized spacial score (nSPS) is 25.4. The van der Waals surface area contributed by atoms with Crippen LogP contribution in [0.5, 0.6) is 0 Å². The second-order valence-corrected chi connectivity index (χ2v) is 9.48. The highest BCUT2D eigenvalue weighted by molar-refractivity contribution is 14.1. The average Bonchev–Trinajstić information content (AvgIpc) is 3.27. The number of amides is 2. The van der Waals surface area contributed by atoms with E-state index in [2.05, 4.69) is 68.0 Å². The molecule has 2 aliphatic rings. The molecule has 4 rings (SSSR count). The van der Waals surface area contributed by atoms with Gasteiger partial charge in [-0.2, -0.15) is 0 Å². The standard InChI is InChI=1S/C21H18I2N2O2/c22-14-3-7-16(8-4-14)24-20(26)18-12-1-2-13(11-12)19(18)21(27)25-17-9-5-15(23)6-10-17/h1-10,12-13,18-19H,11H2,(H,24,26)(H,25,27). The van der Waals surface area contributed by atoms with Crippen LogP contribution in [-0.4, -0.2) is 11.8 Å². The zero-order valence-corrected chi connectivity index (χ0v) is 18.7. The van der Waals surface area contributed by atoms with Crippen molar-refractivity contribution in [3.05, 3.63) is 67.8 Å². The number of carbonyl (C=O) groups excluding carboxylic acids is 2. The maximum absolute atomic E-state index is 13.0. The SMILES string of the molecule is O=C(Nc1ccc(I)cc1)C1C2C=CC(C2)C1C(=O)Nc1ccc(I)cc1. The van der Waals surface area contributed by atoms with Gasteiger partial charge in [0, 0.05) is 18.5 Å². The molecule has 0 radical (unpaired) electrons. The van der Waals surface area contributed by atoms with Crippen LogP contribution in [0.1, 0.15) is 6.42 Å². The lowest BCUT2D eigenvalue weighted by Gasteiger charge is -2.26. The van der Waals surface area contributed by atoms with E-state index in [-0.39, 0.29) is 35.5 Å². The quantitative estimate of drug-likeness (QED) is 0.397. The Hall–Kier alpha value is -1.42. The molecule has 1 fully saturated rings. The lowest BCUT2D eigenvalue weighted by atomic mass is 9.81. The molecule has 0 saturated heterocycles. The summed E-state index contributed by atoms with van der Waals surface area (Å²) < 4.78 is 2.23. The smallest absolute Gasteiger partial charge is 0.228 e. The van der Waals surface area contributed by atoms with Gasteiger partial charge in [0.2, 0.25) is 11.8 Å². The number of nitrogens with one attached hydrogen (secondary N) is 2. The summed E-state index contributed by atoms with van der Waals surface area (Å²) in [5.74, 6) is -0.546. The molecule has 0 heterocycles. The van der Waals surface area contributed by atoms with Crippen LogP contribution in [-0.2, 0) is 9.59 Å². The molecule has 2 N–H and O–H groups in total. The van der Waals surface area contributed by atoms with Crippen LogP contribution in [0.4, 0.5) is 11.4 Å². The molecule has 0 aliphatic heterocycles. The van der Waals surface area contributed by atoms with Crippen LogP contribution in [0.25, 0.3) is 0 Å². The van der Waals surface area contributed by atoms with Crippen molar-refractivity contribution in [2.75, 3.05) is 10.6 Å². The first kappa shape index (κ1) is 18.9. The van der Waals surface area contributed by atoms with E-state index in [0.717, 1.165) is 24.9 Å². The van der Waals surface area contributed by atoms with Gasteiger partial charge in [-0.1, -0.05) is 12.2 Å². The highest BCUT2D eigenvalue weighted by atomic mass is 127. The number of carbonyl (C=O) groups is 2. The summed E-state index contributed by atoms with van der Waals surface area (Å²) in [5.41, 5.74) is 1.54. The average molecular weight is 584 g/mol. The van der Waals surface area contributed by atoms with E-state index in [4.69, 9.17) is 0 Å². The minimum Gasteiger partial charge on any atom is -0.326 e. The van der Waals surface area contributed by atoms with Crippen molar-refractivity contribution >= 4 is 68.4 Å².